The number of nitrogens with zero attached hydrogens (tertiary/aromatic N) is 4. The molecule has 8 nitrogen and oxygen atoms in total. The van der Waals surface area contributed by atoms with E-state index in [0.717, 1.165) is 37.9 Å². The number of hydrogen-bond donors (Lipinski definition) is 1. The first-order valence-electron chi connectivity index (χ1n) is 9.32. The third-order valence-corrected chi connectivity index (χ3v) is 7.69. The Morgan fingerprint density at radius 2 is 2.00 bits per heavy atom. The van der Waals surface area contributed by atoms with Gasteiger partial charge in [-0.3, -0.25) is 9.69 Å². The van der Waals surface area contributed by atoms with Crippen LogP contribution in [-0.4, -0.2) is 83.9 Å². The number of carbonyl (C=O) groups excluding carboxylic acids is 1. The molecule has 1 spiro atoms. The number of carbonyl (C=O) groups is 1. The van der Waals surface area contributed by atoms with Crippen LogP contribution in [0, 0.1) is 0 Å². The molecule has 26 heavy (non-hydrogen) atoms. The topological polar surface area (TPSA) is 89.6 Å². The molecular weight excluding hydrogens is 354 g/mol. The fourth-order valence-corrected chi connectivity index (χ4v) is 6.02. The zero-order valence-electron chi connectivity index (χ0n) is 15.4. The van der Waals surface area contributed by atoms with Gasteiger partial charge in [0.05, 0.1) is 23.8 Å². The van der Waals surface area contributed by atoms with Gasteiger partial charge >= 0.3 is 0 Å². The Bertz CT molecular complexity index is 797. The molecule has 0 bridgehead atoms. The summed E-state index contributed by atoms with van der Waals surface area (Å²) in [6.07, 6.45) is 6.97. The van der Waals surface area contributed by atoms with E-state index in [4.69, 9.17) is 0 Å². The van der Waals surface area contributed by atoms with Crippen LogP contribution in [0.1, 0.15) is 37.1 Å². The van der Waals surface area contributed by atoms with Gasteiger partial charge in [0.2, 0.25) is 15.9 Å². The largest absolute Gasteiger partial charge is 0.348 e. The van der Waals surface area contributed by atoms with Gasteiger partial charge in [-0.05, 0) is 32.7 Å². The number of aromatic nitrogens is 2. The number of amides is 1. The number of hydrogen-bond acceptors (Lipinski definition) is 5. The minimum atomic E-state index is -3.34. The highest BCUT2D eigenvalue weighted by molar-refractivity contribution is 7.88. The van der Waals surface area contributed by atoms with E-state index in [9.17, 15) is 13.2 Å². The zero-order valence-corrected chi connectivity index (χ0v) is 16.3. The lowest BCUT2D eigenvalue weighted by Crippen LogP contribution is -2.57. The van der Waals surface area contributed by atoms with E-state index in [1.54, 1.807) is 6.33 Å². The third kappa shape index (κ3) is 2.76. The minimum absolute atomic E-state index is 0.0384. The van der Waals surface area contributed by atoms with Crippen LogP contribution in [-0.2, 0) is 26.8 Å². The Hall–Kier alpha value is -1.45. The van der Waals surface area contributed by atoms with E-state index in [1.807, 2.05) is 4.90 Å². The van der Waals surface area contributed by atoms with E-state index in [0.29, 0.717) is 26.1 Å². The predicted octanol–water partition coefficient (Wildman–Crippen LogP) is 0.139. The summed E-state index contributed by atoms with van der Waals surface area (Å²) in [4.78, 5) is 25.1. The molecule has 3 aliphatic rings. The Morgan fingerprint density at radius 3 is 2.69 bits per heavy atom. The second-order valence-electron chi connectivity index (χ2n) is 7.79. The van der Waals surface area contributed by atoms with Crippen molar-refractivity contribution in [1.82, 2.24) is 24.1 Å². The lowest BCUT2D eigenvalue weighted by atomic mass is 9.79. The molecule has 1 aromatic heterocycles. The average Bonchev–Trinajstić information content (AvgIpc) is 3.27. The van der Waals surface area contributed by atoms with E-state index >= 15 is 0 Å². The highest BCUT2D eigenvalue weighted by atomic mass is 32.2. The molecule has 0 saturated carbocycles. The monoisotopic (exact) mass is 381 g/mol. The summed E-state index contributed by atoms with van der Waals surface area (Å²) in [5, 5.41) is 0. The summed E-state index contributed by atoms with van der Waals surface area (Å²) in [6, 6.07) is -0.524. The highest BCUT2D eigenvalue weighted by Gasteiger charge is 2.47. The van der Waals surface area contributed by atoms with Crippen molar-refractivity contribution in [2.24, 2.45) is 0 Å². The first-order valence-corrected chi connectivity index (χ1v) is 11.2. The van der Waals surface area contributed by atoms with E-state index in [2.05, 4.69) is 21.9 Å². The van der Waals surface area contributed by atoms with Gasteiger partial charge in [0.1, 0.15) is 6.04 Å². The summed E-state index contributed by atoms with van der Waals surface area (Å²) in [5.41, 5.74) is 2.22. The van der Waals surface area contributed by atoms with Gasteiger partial charge < -0.3 is 9.88 Å². The van der Waals surface area contributed by atoms with Gasteiger partial charge in [0, 0.05) is 38.3 Å². The molecule has 0 unspecified atom stereocenters. The van der Waals surface area contributed by atoms with Crippen molar-refractivity contribution >= 4 is 15.9 Å². The Labute approximate surface area is 154 Å². The van der Waals surface area contributed by atoms with Crippen molar-refractivity contribution < 1.29 is 13.2 Å². The second-order valence-corrected chi connectivity index (χ2v) is 9.72. The van der Waals surface area contributed by atoms with Crippen LogP contribution >= 0.6 is 0 Å². The number of nitrogens with one attached hydrogen (secondary N) is 1. The number of aromatic amines is 1. The van der Waals surface area contributed by atoms with Gasteiger partial charge in [0.15, 0.2) is 0 Å². The average molecular weight is 382 g/mol. The SMILES string of the molecule is CN1CCc2[nH]cnc2C12CCN(C(=O)[C@@H]1CCCN1S(C)(=O)=O)CC2. The Balaban J connectivity index is 1.50. The van der Waals surface area contributed by atoms with Crippen molar-refractivity contribution in [2.45, 2.75) is 43.7 Å². The van der Waals surface area contributed by atoms with Crippen molar-refractivity contribution in [1.29, 1.82) is 0 Å². The highest BCUT2D eigenvalue weighted by Crippen LogP contribution is 2.41. The van der Waals surface area contributed by atoms with Gasteiger partial charge in [-0.15, -0.1) is 0 Å². The zero-order chi connectivity index (χ0) is 18.5. The number of sulfonamides is 1. The van der Waals surface area contributed by atoms with Crippen LogP contribution in [0.5, 0.6) is 0 Å². The lowest BCUT2D eigenvalue weighted by Gasteiger charge is -2.49. The molecule has 0 aliphatic carbocycles. The molecule has 3 aliphatic heterocycles. The van der Waals surface area contributed by atoms with Crippen LogP contribution in [0.4, 0.5) is 0 Å². The number of fused-ring (bicyclic) bond motifs is 2. The summed E-state index contributed by atoms with van der Waals surface area (Å²) >= 11 is 0. The number of likely N-dealkylation sites (tertiary alicyclic amines) is 1. The fourth-order valence-electron chi connectivity index (χ4n) is 4.90. The quantitative estimate of drug-likeness (QED) is 0.787. The van der Waals surface area contributed by atoms with E-state index < -0.39 is 16.1 Å². The number of rotatable bonds is 2. The first kappa shape index (κ1) is 17.9. The van der Waals surface area contributed by atoms with Gasteiger partial charge in [-0.2, -0.15) is 4.31 Å². The van der Waals surface area contributed by atoms with Crippen LogP contribution in [0.25, 0.3) is 0 Å². The van der Waals surface area contributed by atoms with Gasteiger partial charge in [-0.1, -0.05) is 0 Å². The first-order chi connectivity index (χ1) is 12.3. The Morgan fingerprint density at radius 1 is 1.27 bits per heavy atom. The third-order valence-electron chi connectivity index (χ3n) is 6.40. The molecule has 144 valence electrons. The molecule has 1 aromatic rings. The van der Waals surface area contributed by atoms with E-state index in [1.165, 1.54) is 16.3 Å². The van der Waals surface area contributed by atoms with Crippen molar-refractivity contribution in [3.05, 3.63) is 17.7 Å². The number of imidazole rings is 1. The molecule has 2 saturated heterocycles. The molecule has 1 N–H and O–H groups in total. The summed E-state index contributed by atoms with van der Waals surface area (Å²) in [6.45, 7) is 2.72. The molecule has 1 atom stereocenters. The fraction of sp³-hybridized carbons (Fsp3) is 0.765. The molecule has 2 fully saturated rings. The molecule has 0 radical (unpaired) electrons. The normalized spacial score (nSPS) is 27.0. The maximum Gasteiger partial charge on any atom is 0.241 e. The van der Waals surface area contributed by atoms with Crippen LogP contribution < -0.4 is 0 Å². The van der Waals surface area contributed by atoms with Crippen molar-refractivity contribution in [3.8, 4) is 0 Å². The number of likely N-dealkylation sites (N-methyl/N-ethyl adjacent to an activating group) is 1. The molecule has 9 heteroatoms. The Kier molecular flexibility index (Phi) is 4.36. The summed E-state index contributed by atoms with van der Waals surface area (Å²) < 4.78 is 25.3. The smallest absolute Gasteiger partial charge is 0.241 e. The lowest BCUT2D eigenvalue weighted by molar-refractivity contribution is -0.137. The van der Waals surface area contributed by atoms with Crippen LogP contribution in [0.2, 0.25) is 0 Å². The van der Waals surface area contributed by atoms with Crippen molar-refractivity contribution in [2.75, 3.05) is 39.5 Å². The summed E-state index contributed by atoms with van der Waals surface area (Å²) in [7, 11) is -1.20. The van der Waals surface area contributed by atoms with E-state index in [-0.39, 0.29) is 11.4 Å². The maximum absolute atomic E-state index is 13.0. The van der Waals surface area contributed by atoms with Gasteiger partial charge in [0.25, 0.3) is 0 Å². The van der Waals surface area contributed by atoms with Crippen LogP contribution in [0.3, 0.4) is 0 Å². The molecule has 0 aromatic carbocycles. The van der Waals surface area contributed by atoms with Gasteiger partial charge in [-0.25, -0.2) is 13.4 Å². The summed E-state index contributed by atoms with van der Waals surface area (Å²) in [5.74, 6) is -0.0384. The number of piperidine rings is 1. The number of H-pyrrole nitrogens is 1. The van der Waals surface area contributed by atoms with Crippen LogP contribution in [0.15, 0.2) is 6.33 Å². The second kappa shape index (κ2) is 6.31. The molecule has 1 amide bonds. The molecular formula is C17H27N5O3S. The molecule has 4 rings (SSSR count). The molecule has 4 heterocycles. The minimum Gasteiger partial charge on any atom is -0.348 e. The standard InChI is InChI=1S/C17H27N5O3S/c1-20-9-5-13-15(19-12-18-13)17(20)6-10-21(11-7-17)16(23)14-4-3-8-22(14)26(2,24)25/h12,14H,3-11H2,1-2H3,(H,18,19)/t14-/m0/s1. The predicted molar refractivity (Wildman–Crippen MR) is 97.0 cm³/mol. The maximum atomic E-state index is 13.0. The van der Waals surface area contributed by atoms with Crippen molar-refractivity contribution in [3.63, 3.8) is 0 Å².